The van der Waals surface area contributed by atoms with E-state index in [1.807, 2.05) is 11.8 Å². The molecule has 0 radical (unpaired) electrons. The van der Waals surface area contributed by atoms with Gasteiger partial charge in [0.15, 0.2) is 0 Å². The van der Waals surface area contributed by atoms with E-state index >= 15 is 0 Å². The first-order chi connectivity index (χ1) is 9.72. The van der Waals surface area contributed by atoms with Crippen molar-refractivity contribution >= 4 is 17.9 Å². The van der Waals surface area contributed by atoms with Gasteiger partial charge in [-0.3, -0.25) is 4.90 Å². The molecular weight excluding hydrogens is 272 g/mol. The zero-order valence-electron chi connectivity index (χ0n) is 12.2. The molecule has 110 valence electrons. The van der Waals surface area contributed by atoms with Gasteiger partial charge in [-0.1, -0.05) is 12.1 Å². The second-order valence-corrected chi connectivity index (χ2v) is 5.84. The number of hydrogen-bond acceptors (Lipinski definition) is 3. The van der Waals surface area contributed by atoms with E-state index in [0.29, 0.717) is 6.61 Å². The molecular formula is C15H23N2O2S+. The van der Waals surface area contributed by atoms with Crippen LogP contribution in [0.4, 0.5) is 4.79 Å². The van der Waals surface area contributed by atoms with Crippen molar-refractivity contribution in [1.82, 2.24) is 4.90 Å². The van der Waals surface area contributed by atoms with Gasteiger partial charge < -0.3 is 9.64 Å². The average molecular weight is 295 g/mol. The van der Waals surface area contributed by atoms with Crippen LogP contribution < -0.4 is 4.90 Å². The van der Waals surface area contributed by atoms with Crippen LogP contribution in [0.2, 0.25) is 0 Å². The van der Waals surface area contributed by atoms with Crippen LogP contribution in [0.5, 0.6) is 0 Å². The molecule has 0 unspecified atom stereocenters. The zero-order valence-corrected chi connectivity index (χ0v) is 13.0. The lowest BCUT2D eigenvalue weighted by Crippen LogP contribution is -3.13. The second-order valence-electron chi connectivity index (χ2n) is 4.96. The molecule has 1 aliphatic rings. The molecule has 1 saturated heterocycles. The number of quaternary nitrogens is 1. The minimum Gasteiger partial charge on any atom is -0.450 e. The van der Waals surface area contributed by atoms with Gasteiger partial charge >= 0.3 is 6.09 Å². The molecule has 1 fully saturated rings. The molecule has 20 heavy (non-hydrogen) atoms. The lowest BCUT2D eigenvalue weighted by Gasteiger charge is -2.31. The van der Waals surface area contributed by atoms with Gasteiger partial charge in [-0.25, -0.2) is 4.79 Å². The Morgan fingerprint density at radius 2 is 1.95 bits per heavy atom. The predicted octanol–water partition coefficient (Wildman–Crippen LogP) is 1.27. The van der Waals surface area contributed by atoms with Crippen LogP contribution in [0.3, 0.4) is 0 Å². The summed E-state index contributed by atoms with van der Waals surface area (Å²) in [7, 11) is 0. The van der Waals surface area contributed by atoms with E-state index in [2.05, 4.69) is 30.5 Å². The number of carbonyl (C=O) groups is 1. The summed E-state index contributed by atoms with van der Waals surface area (Å²) in [4.78, 5) is 16.3. The molecule has 2 rings (SSSR count). The molecule has 0 aromatic heterocycles. The van der Waals surface area contributed by atoms with E-state index in [4.69, 9.17) is 4.74 Å². The number of nitrogens with one attached hydrogen (secondary N) is 1. The highest BCUT2D eigenvalue weighted by Crippen LogP contribution is 2.14. The largest absolute Gasteiger partial charge is 0.450 e. The maximum absolute atomic E-state index is 11.6. The first-order valence-corrected chi connectivity index (χ1v) is 8.33. The maximum atomic E-state index is 11.6. The number of benzene rings is 1. The van der Waals surface area contributed by atoms with Crippen LogP contribution >= 0.6 is 11.8 Å². The molecule has 0 atom stereocenters. The van der Waals surface area contributed by atoms with Crippen molar-refractivity contribution in [1.29, 1.82) is 0 Å². The van der Waals surface area contributed by atoms with Crippen molar-refractivity contribution in [3.05, 3.63) is 29.8 Å². The van der Waals surface area contributed by atoms with Crippen LogP contribution in [-0.4, -0.2) is 50.0 Å². The maximum Gasteiger partial charge on any atom is 0.410 e. The quantitative estimate of drug-likeness (QED) is 0.849. The summed E-state index contributed by atoms with van der Waals surface area (Å²) >= 11 is 1.77. The summed E-state index contributed by atoms with van der Waals surface area (Å²) in [6, 6.07) is 8.76. The Kier molecular flexibility index (Phi) is 5.73. The number of carbonyl (C=O) groups excluding carboxylic acids is 1. The fraction of sp³-hybridized carbons (Fsp3) is 0.533. The number of ether oxygens (including phenoxy) is 1. The highest BCUT2D eigenvalue weighted by atomic mass is 32.2. The summed E-state index contributed by atoms with van der Waals surface area (Å²) in [6.07, 6.45) is 1.92. The van der Waals surface area contributed by atoms with Crippen LogP contribution in [0.15, 0.2) is 29.2 Å². The van der Waals surface area contributed by atoms with E-state index in [1.165, 1.54) is 15.4 Å². The molecule has 1 heterocycles. The SMILES string of the molecule is CCOC(=O)N1CC[NH+](Cc2ccc(SC)cc2)CC1. The number of nitrogens with zero attached hydrogens (tertiary/aromatic N) is 1. The molecule has 1 amide bonds. The number of thioether (sulfide) groups is 1. The van der Waals surface area contributed by atoms with E-state index in [-0.39, 0.29) is 6.09 Å². The predicted molar refractivity (Wildman–Crippen MR) is 81.2 cm³/mol. The van der Waals surface area contributed by atoms with Crippen LogP contribution in [0.25, 0.3) is 0 Å². The summed E-state index contributed by atoms with van der Waals surface area (Å²) in [6.45, 7) is 6.89. The van der Waals surface area contributed by atoms with Gasteiger partial charge in [-0.05, 0) is 25.3 Å². The standard InChI is InChI=1S/C15H22N2O2S/c1-3-19-15(18)17-10-8-16(9-11-17)12-13-4-6-14(20-2)7-5-13/h4-7H,3,8-12H2,1-2H3/p+1. The fourth-order valence-corrected chi connectivity index (χ4v) is 2.84. The first kappa shape index (κ1) is 15.2. The number of amides is 1. The Morgan fingerprint density at radius 3 is 2.50 bits per heavy atom. The van der Waals surface area contributed by atoms with Gasteiger partial charge in [-0.2, -0.15) is 0 Å². The number of piperazine rings is 1. The molecule has 0 aliphatic carbocycles. The van der Waals surface area contributed by atoms with Crippen molar-refractivity contribution in [3.63, 3.8) is 0 Å². The van der Waals surface area contributed by atoms with Crippen LogP contribution in [0, 0.1) is 0 Å². The minimum atomic E-state index is -0.170. The van der Waals surface area contributed by atoms with E-state index in [1.54, 1.807) is 11.8 Å². The van der Waals surface area contributed by atoms with Crippen molar-refractivity contribution in [2.24, 2.45) is 0 Å². The lowest BCUT2D eigenvalue weighted by atomic mass is 10.2. The van der Waals surface area contributed by atoms with Gasteiger partial charge in [0.25, 0.3) is 0 Å². The molecule has 0 bridgehead atoms. The molecule has 1 aromatic rings. The molecule has 5 heteroatoms. The number of rotatable bonds is 4. The van der Waals surface area contributed by atoms with Gasteiger partial charge in [0.2, 0.25) is 0 Å². The second kappa shape index (κ2) is 7.55. The highest BCUT2D eigenvalue weighted by molar-refractivity contribution is 7.98. The van der Waals surface area contributed by atoms with E-state index in [0.717, 1.165) is 32.7 Å². The van der Waals surface area contributed by atoms with Crippen molar-refractivity contribution in [2.45, 2.75) is 18.4 Å². The summed E-state index contributed by atoms with van der Waals surface area (Å²) < 4.78 is 5.04. The zero-order chi connectivity index (χ0) is 14.4. The summed E-state index contributed by atoms with van der Waals surface area (Å²) in [5.41, 5.74) is 1.36. The van der Waals surface area contributed by atoms with E-state index < -0.39 is 0 Å². The van der Waals surface area contributed by atoms with Gasteiger partial charge in [0.05, 0.1) is 32.8 Å². The molecule has 1 aromatic carbocycles. The lowest BCUT2D eigenvalue weighted by molar-refractivity contribution is -0.917. The molecule has 0 spiro atoms. The smallest absolute Gasteiger partial charge is 0.410 e. The highest BCUT2D eigenvalue weighted by Gasteiger charge is 2.24. The van der Waals surface area contributed by atoms with Crippen LogP contribution in [0.1, 0.15) is 12.5 Å². The Balaban J connectivity index is 1.80. The third-order valence-electron chi connectivity index (χ3n) is 3.61. The Labute approximate surface area is 125 Å². The first-order valence-electron chi connectivity index (χ1n) is 7.11. The minimum absolute atomic E-state index is 0.170. The fourth-order valence-electron chi connectivity index (χ4n) is 2.43. The monoisotopic (exact) mass is 295 g/mol. The van der Waals surface area contributed by atoms with Crippen molar-refractivity contribution in [3.8, 4) is 0 Å². The molecule has 4 nitrogen and oxygen atoms in total. The van der Waals surface area contributed by atoms with Gasteiger partial charge in [-0.15, -0.1) is 11.8 Å². The van der Waals surface area contributed by atoms with Crippen molar-refractivity contribution < 1.29 is 14.4 Å². The summed E-state index contributed by atoms with van der Waals surface area (Å²) in [5, 5.41) is 0. The Bertz CT molecular complexity index is 428. The summed E-state index contributed by atoms with van der Waals surface area (Å²) in [5.74, 6) is 0. The van der Waals surface area contributed by atoms with Crippen LogP contribution in [-0.2, 0) is 11.3 Å². The van der Waals surface area contributed by atoms with Gasteiger partial charge in [0.1, 0.15) is 6.54 Å². The third-order valence-corrected chi connectivity index (χ3v) is 4.35. The molecule has 1 aliphatic heterocycles. The average Bonchev–Trinajstić information content (AvgIpc) is 2.49. The third kappa shape index (κ3) is 4.15. The number of hydrogen-bond donors (Lipinski definition) is 1. The van der Waals surface area contributed by atoms with Gasteiger partial charge in [0, 0.05) is 10.5 Å². The Morgan fingerprint density at radius 1 is 1.30 bits per heavy atom. The topological polar surface area (TPSA) is 34.0 Å². The van der Waals surface area contributed by atoms with E-state index in [9.17, 15) is 4.79 Å². The van der Waals surface area contributed by atoms with Crippen molar-refractivity contribution in [2.75, 3.05) is 39.0 Å². The normalized spacial score (nSPS) is 16.2. The molecule has 0 saturated carbocycles. The molecule has 1 N–H and O–H groups in total. The Hall–Kier alpha value is -1.20.